The molecular formula is C26H34FN7O3. The number of pyridine rings is 1. The Balaban J connectivity index is 1.39. The van der Waals surface area contributed by atoms with Crippen LogP contribution in [0.5, 0.6) is 0 Å². The zero-order chi connectivity index (χ0) is 25.9. The van der Waals surface area contributed by atoms with E-state index >= 15 is 0 Å². The first kappa shape index (κ1) is 25.3. The van der Waals surface area contributed by atoms with Gasteiger partial charge in [-0.2, -0.15) is 4.98 Å². The summed E-state index contributed by atoms with van der Waals surface area (Å²) >= 11 is 0. The van der Waals surface area contributed by atoms with E-state index in [4.69, 9.17) is 4.74 Å². The molecule has 37 heavy (non-hydrogen) atoms. The molecule has 2 aliphatic rings. The minimum atomic E-state index is -1.33. The molecule has 198 valence electrons. The van der Waals surface area contributed by atoms with Crippen LogP contribution in [-0.2, 0) is 4.74 Å². The van der Waals surface area contributed by atoms with Crippen molar-refractivity contribution in [2.24, 2.45) is 0 Å². The summed E-state index contributed by atoms with van der Waals surface area (Å²) in [5.41, 5.74) is 1.52. The van der Waals surface area contributed by atoms with Gasteiger partial charge in [0.15, 0.2) is 0 Å². The highest BCUT2D eigenvalue weighted by Gasteiger charge is 2.29. The van der Waals surface area contributed by atoms with Gasteiger partial charge in [-0.1, -0.05) is 6.92 Å². The Kier molecular flexibility index (Phi) is 7.52. The largest absolute Gasteiger partial charge is 0.390 e. The Labute approximate surface area is 215 Å². The maximum Gasteiger partial charge on any atom is 0.253 e. The lowest BCUT2D eigenvalue weighted by atomic mass is 10.1. The van der Waals surface area contributed by atoms with Gasteiger partial charge < -0.3 is 29.9 Å². The number of carbonyl (C=O) groups is 1. The molecule has 5 heterocycles. The van der Waals surface area contributed by atoms with E-state index in [0.717, 1.165) is 30.2 Å². The molecule has 3 aromatic heterocycles. The number of ether oxygens (including phenoxy) is 1. The lowest BCUT2D eigenvalue weighted by molar-refractivity contribution is 0.0612. The smallest absolute Gasteiger partial charge is 0.253 e. The van der Waals surface area contributed by atoms with Gasteiger partial charge in [0.05, 0.1) is 23.7 Å². The number of amides is 1. The van der Waals surface area contributed by atoms with Gasteiger partial charge in [0.2, 0.25) is 5.95 Å². The van der Waals surface area contributed by atoms with E-state index in [2.05, 4.69) is 44.0 Å². The number of carbonyl (C=O) groups excluding carboxylic acids is 1. The van der Waals surface area contributed by atoms with Crippen LogP contribution >= 0.6 is 0 Å². The molecular weight excluding hydrogens is 477 g/mol. The molecule has 10 nitrogen and oxygen atoms in total. The zero-order valence-electron chi connectivity index (χ0n) is 21.2. The quantitative estimate of drug-likeness (QED) is 0.442. The lowest BCUT2D eigenvalue weighted by Gasteiger charge is -2.32. The number of rotatable bonds is 7. The molecule has 0 radical (unpaired) electrons. The number of halogens is 1. The fourth-order valence-corrected chi connectivity index (χ4v) is 4.84. The number of aliphatic hydroxyl groups excluding tert-OH is 1. The van der Waals surface area contributed by atoms with Crippen LogP contribution in [-0.4, -0.2) is 75.2 Å². The lowest BCUT2D eigenvalue weighted by Crippen LogP contribution is -2.45. The number of piperidine rings is 1. The van der Waals surface area contributed by atoms with Crippen LogP contribution in [0.2, 0.25) is 0 Å². The molecule has 1 unspecified atom stereocenters. The Hall–Kier alpha value is -3.31. The van der Waals surface area contributed by atoms with E-state index in [-0.39, 0.29) is 24.5 Å². The average Bonchev–Trinajstić information content (AvgIpc) is 3.29. The van der Waals surface area contributed by atoms with Crippen molar-refractivity contribution in [1.82, 2.24) is 24.8 Å². The van der Waals surface area contributed by atoms with Crippen molar-refractivity contribution in [3.8, 4) is 0 Å². The van der Waals surface area contributed by atoms with E-state index in [9.17, 15) is 14.3 Å². The van der Waals surface area contributed by atoms with Crippen LogP contribution in [0.1, 0.15) is 55.9 Å². The van der Waals surface area contributed by atoms with Gasteiger partial charge in [-0.05, 0) is 38.7 Å². The fraction of sp³-hybridized carbons (Fsp3) is 0.538. The summed E-state index contributed by atoms with van der Waals surface area (Å²) in [6, 6.07) is 3.95. The van der Waals surface area contributed by atoms with Gasteiger partial charge in [0.1, 0.15) is 17.8 Å². The van der Waals surface area contributed by atoms with Crippen molar-refractivity contribution in [1.29, 1.82) is 0 Å². The summed E-state index contributed by atoms with van der Waals surface area (Å²) in [7, 11) is 0. The van der Waals surface area contributed by atoms with Crippen LogP contribution < -0.4 is 15.5 Å². The van der Waals surface area contributed by atoms with Crippen LogP contribution in [0.4, 0.5) is 22.0 Å². The highest BCUT2D eigenvalue weighted by Crippen LogP contribution is 2.29. The van der Waals surface area contributed by atoms with Crippen LogP contribution in [0, 0.1) is 0 Å². The third kappa shape index (κ3) is 5.52. The predicted octanol–water partition coefficient (Wildman–Crippen LogP) is 3.36. The van der Waals surface area contributed by atoms with Crippen LogP contribution in [0.3, 0.4) is 0 Å². The zero-order valence-corrected chi connectivity index (χ0v) is 21.2. The van der Waals surface area contributed by atoms with Crippen molar-refractivity contribution < 1.29 is 19.0 Å². The molecule has 0 aliphatic carbocycles. The maximum absolute atomic E-state index is 14.0. The Morgan fingerprint density at radius 3 is 2.84 bits per heavy atom. The number of anilines is 3. The molecule has 0 bridgehead atoms. The highest BCUT2D eigenvalue weighted by atomic mass is 19.1. The number of aliphatic hydroxyl groups is 1. The molecule has 2 aliphatic heterocycles. The summed E-state index contributed by atoms with van der Waals surface area (Å²) in [5.74, 6) is 1.40. The number of nitrogens with one attached hydrogen (secondary N) is 2. The van der Waals surface area contributed by atoms with E-state index in [0.29, 0.717) is 49.3 Å². The molecule has 1 amide bonds. The van der Waals surface area contributed by atoms with E-state index in [1.54, 1.807) is 23.4 Å². The molecule has 5 rings (SSSR count). The second-order valence-electron chi connectivity index (χ2n) is 9.84. The van der Waals surface area contributed by atoms with Gasteiger partial charge in [-0.3, -0.25) is 4.79 Å². The first-order chi connectivity index (χ1) is 17.9. The summed E-state index contributed by atoms with van der Waals surface area (Å²) in [6.07, 6.45) is 5.84. The van der Waals surface area contributed by atoms with Gasteiger partial charge in [-0.25, -0.2) is 14.4 Å². The molecule has 0 spiro atoms. The van der Waals surface area contributed by atoms with Gasteiger partial charge >= 0.3 is 0 Å². The number of nitrogens with zero attached hydrogens (tertiary/aromatic N) is 5. The van der Waals surface area contributed by atoms with E-state index < -0.39 is 12.3 Å². The van der Waals surface area contributed by atoms with Crippen LogP contribution in [0.15, 0.2) is 30.7 Å². The van der Waals surface area contributed by atoms with Gasteiger partial charge in [0, 0.05) is 61.9 Å². The van der Waals surface area contributed by atoms with Crippen molar-refractivity contribution >= 4 is 34.4 Å². The molecule has 0 aromatic carbocycles. The second-order valence-corrected chi connectivity index (χ2v) is 9.84. The molecule has 3 atom stereocenters. The first-order valence-corrected chi connectivity index (χ1v) is 13.0. The minimum Gasteiger partial charge on any atom is -0.390 e. The number of aromatic nitrogens is 4. The third-order valence-corrected chi connectivity index (χ3v) is 7.27. The van der Waals surface area contributed by atoms with Gasteiger partial charge in [-0.15, -0.1) is 0 Å². The highest BCUT2D eigenvalue weighted by molar-refractivity contribution is 6.07. The molecule has 3 N–H and O–H groups in total. The minimum absolute atomic E-state index is 0.0516. The molecule has 3 aromatic rings. The van der Waals surface area contributed by atoms with Crippen molar-refractivity contribution in [3.63, 3.8) is 0 Å². The Morgan fingerprint density at radius 1 is 1.27 bits per heavy atom. The van der Waals surface area contributed by atoms with Crippen molar-refractivity contribution in [3.05, 3.63) is 36.3 Å². The average molecular weight is 512 g/mol. The fourth-order valence-electron chi connectivity index (χ4n) is 4.84. The third-order valence-electron chi connectivity index (χ3n) is 7.27. The SMILES string of the molecule is CCC(C)n1cc(C(=O)NC2CCOCC2)c2cnc(Nc3ccnc(N4CC[C@@H](O)[C@@H](F)C4)n3)cc21. The van der Waals surface area contributed by atoms with Crippen molar-refractivity contribution in [2.75, 3.05) is 36.5 Å². The number of hydrogen-bond donors (Lipinski definition) is 3. The number of hydrogen-bond acceptors (Lipinski definition) is 8. The monoisotopic (exact) mass is 511 g/mol. The summed E-state index contributed by atoms with van der Waals surface area (Å²) in [4.78, 5) is 28.3. The summed E-state index contributed by atoms with van der Waals surface area (Å²) in [6.45, 7) is 6.09. The Morgan fingerprint density at radius 2 is 2.08 bits per heavy atom. The summed E-state index contributed by atoms with van der Waals surface area (Å²) < 4.78 is 21.5. The maximum atomic E-state index is 14.0. The molecule has 2 saturated heterocycles. The van der Waals surface area contributed by atoms with Gasteiger partial charge in [0.25, 0.3) is 5.91 Å². The molecule has 2 fully saturated rings. The standard InChI is InChI=1S/C26H34FN7O3/c1-3-16(2)34-14-19(25(36)30-17-6-10-37-11-7-17)18-13-29-24(12-21(18)34)31-23-4-8-28-26(32-23)33-9-5-22(35)20(27)15-33/h4,8,12-14,16-17,20,22,35H,3,5-7,9-11,15H2,1-2H3,(H,30,36)(H,28,29,31,32)/t16?,20-,22+/m0/s1. The van der Waals surface area contributed by atoms with E-state index in [1.165, 1.54) is 0 Å². The first-order valence-electron chi connectivity index (χ1n) is 13.0. The molecule has 11 heteroatoms. The molecule has 0 saturated carbocycles. The second kappa shape index (κ2) is 11.0. The summed E-state index contributed by atoms with van der Waals surface area (Å²) in [5, 5.41) is 16.9. The number of alkyl halides is 1. The predicted molar refractivity (Wildman–Crippen MR) is 139 cm³/mol. The normalized spacial score (nSPS) is 21.7. The number of fused-ring (bicyclic) bond motifs is 1. The van der Waals surface area contributed by atoms with E-state index in [1.807, 2.05) is 12.3 Å². The topological polar surface area (TPSA) is 117 Å². The Bertz CT molecular complexity index is 1250. The van der Waals surface area contributed by atoms with Crippen molar-refractivity contribution in [2.45, 2.75) is 63.9 Å². The van der Waals surface area contributed by atoms with Crippen LogP contribution in [0.25, 0.3) is 10.9 Å².